The van der Waals surface area contributed by atoms with Crippen molar-refractivity contribution in [2.45, 2.75) is 25.8 Å². The smallest absolute Gasteiger partial charge is 0.326 e. The molecule has 24 heavy (non-hydrogen) atoms. The minimum absolute atomic E-state index is 0.232. The van der Waals surface area contributed by atoms with E-state index in [9.17, 15) is 14.7 Å². The molecule has 2 unspecified atom stereocenters. The van der Waals surface area contributed by atoms with Crippen LogP contribution in [0.15, 0.2) is 18.2 Å². The van der Waals surface area contributed by atoms with Gasteiger partial charge in [-0.25, -0.2) is 4.79 Å². The van der Waals surface area contributed by atoms with Gasteiger partial charge >= 0.3 is 5.97 Å². The molecule has 2 atom stereocenters. The molecule has 0 aliphatic carbocycles. The summed E-state index contributed by atoms with van der Waals surface area (Å²) in [4.78, 5) is 23.9. The highest BCUT2D eigenvalue weighted by molar-refractivity contribution is 5.97. The Morgan fingerprint density at radius 2 is 2.21 bits per heavy atom. The Balaban J connectivity index is 2.13. The monoisotopic (exact) mass is 337 g/mol. The highest BCUT2D eigenvalue weighted by atomic mass is 16.5. The molecule has 1 amide bonds. The minimum atomic E-state index is -1.06. The number of benzene rings is 1. The van der Waals surface area contributed by atoms with Gasteiger partial charge in [-0.3, -0.25) is 4.79 Å². The SMILES string of the molecule is CCOc1ccc(C(=O)NC(C(=O)O)C2CCCOC2)cc1OC. The number of methoxy groups -OCH3 is 1. The summed E-state index contributed by atoms with van der Waals surface area (Å²) >= 11 is 0. The van der Waals surface area contributed by atoms with Crippen molar-refractivity contribution in [3.05, 3.63) is 23.8 Å². The Labute approximate surface area is 140 Å². The molecule has 0 aromatic heterocycles. The molecule has 132 valence electrons. The third-order valence-electron chi connectivity index (χ3n) is 3.95. The van der Waals surface area contributed by atoms with Crippen LogP contribution in [0.5, 0.6) is 11.5 Å². The Hall–Kier alpha value is -2.28. The number of carboxylic acid groups (broad SMARTS) is 1. The molecule has 1 heterocycles. The second-order valence-corrected chi connectivity index (χ2v) is 5.57. The summed E-state index contributed by atoms with van der Waals surface area (Å²) in [6.45, 7) is 3.30. The number of carboxylic acids is 1. The number of carbonyl (C=O) groups excluding carboxylic acids is 1. The van der Waals surface area contributed by atoms with Crippen LogP contribution in [0.4, 0.5) is 0 Å². The number of aliphatic carboxylic acids is 1. The van der Waals surface area contributed by atoms with Crippen LogP contribution in [0.25, 0.3) is 0 Å². The first-order valence-electron chi connectivity index (χ1n) is 7.99. The van der Waals surface area contributed by atoms with Crippen LogP contribution in [0.2, 0.25) is 0 Å². The third-order valence-corrected chi connectivity index (χ3v) is 3.95. The van der Waals surface area contributed by atoms with E-state index in [1.807, 2.05) is 6.92 Å². The van der Waals surface area contributed by atoms with Gasteiger partial charge in [0, 0.05) is 18.1 Å². The van der Waals surface area contributed by atoms with E-state index in [1.54, 1.807) is 12.1 Å². The van der Waals surface area contributed by atoms with Gasteiger partial charge in [0.25, 0.3) is 5.91 Å². The molecular formula is C17H23NO6. The molecule has 2 N–H and O–H groups in total. The van der Waals surface area contributed by atoms with Gasteiger partial charge in [0.2, 0.25) is 0 Å². The van der Waals surface area contributed by atoms with E-state index in [0.29, 0.717) is 43.3 Å². The summed E-state index contributed by atoms with van der Waals surface area (Å²) in [6, 6.07) is 3.78. The Morgan fingerprint density at radius 1 is 1.42 bits per heavy atom. The van der Waals surface area contributed by atoms with Crippen LogP contribution in [0.3, 0.4) is 0 Å². The van der Waals surface area contributed by atoms with Crippen molar-refractivity contribution in [1.29, 1.82) is 0 Å². The normalized spacial score (nSPS) is 18.5. The van der Waals surface area contributed by atoms with Crippen LogP contribution < -0.4 is 14.8 Å². The van der Waals surface area contributed by atoms with Gasteiger partial charge in [0.05, 0.1) is 20.3 Å². The van der Waals surface area contributed by atoms with Crippen molar-refractivity contribution in [2.75, 3.05) is 26.9 Å². The number of rotatable bonds is 7. The molecule has 1 saturated heterocycles. The predicted octanol–water partition coefficient (Wildman–Crippen LogP) is 1.70. The molecular weight excluding hydrogens is 314 g/mol. The van der Waals surface area contributed by atoms with E-state index < -0.39 is 17.9 Å². The zero-order valence-electron chi connectivity index (χ0n) is 13.9. The first-order valence-corrected chi connectivity index (χ1v) is 7.99. The summed E-state index contributed by atoms with van der Waals surface area (Å²) in [5, 5.41) is 12.0. The molecule has 0 spiro atoms. The van der Waals surface area contributed by atoms with E-state index in [0.717, 1.165) is 6.42 Å². The molecule has 0 saturated carbocycles. The maximum Gasteiger partial charge on any atom is 0.326 e. The quantitative estimate of drug-likeness (QED) is 0.786. The molecule has 7 heteroatoms. The molecule has 1 fully saturated rings. The average molecular weight is 337 g/mol. The third kappa shape index (κ3) is 4.38. The van der Waals surface area contributed by atoms with Crippen molar-refractivity contribution in [3.8, 4) is 11.5 Å². The fourth-order valence-electron chi connectivity index (χ4n) is 2.72. The van der Waals surface area contributed by atoms with E-state index in [1.165, 1.54) is 13.2 Å². The Morgan fingerprint density at radius 3 is 2.79 bits per heavy atom. The second kappa shape index (κ2) is 8.54. The van der Waals surface area contributed by atoms with Crippen LogP contribution in [-0.4, -0.2) is 50.0 Å². The second-order valence-electron chi connectivity index (χ2n) is 5.57. The molecule has 1 aromatic rings. The topological polar surface area (TPSA) is 94.1 Å². The summed E-state index contributed by atoms with van der Waals surface area (Å²) in [5.74, 6) is -0.791. The summed E-state index contributed by atoms with van der Waals surface area (Å²) < 4.78 is 16.0. The zero-order valence-corrected chi connectivity index (χ0v) is 13.9. The molecule has 1 aliphatic rings. The largest absolute Gasteiger partial charge is 0.493 e. The van der Waals surface area contributed by atoms with Crippen LogP contribution in [0, 0.1) is 5.92 Å². The van der Waals surface area contributed by atoms with Gasteiger partial charge in [-0.05, 0) is 38.0 Å². The van der Waals surface area contributed by atoms with Gasteiger partial charge in [-0.15, -0.1) is 0 Å². The lowest BCUT2D eigenvalue weighted by molar-refractivity contribution is -0.142. The number of carbonyl (C=O) groups is 2. The van der Waals surface area contributed by atoms with Crippen LogP contribution in [0.1, 0.15) is 30.1 Å². The number of hydrogen-bond acceptors (Lipinski definition) is 5. The van der Waals surface area contributed by atoms with Gasteiger partial charge in [-0.2, -0.15) is 0 Å². The van der Waals surface area contributed by atoms with Crippen molar-refractivity contribution in [1.82, 2.24) is 5.32 Å². The number of ether oxygens (including phenoxy) is 3. The standard InChI is InChI=1S/C17H23NO6/c1-3-24-13-7-6-11(9-14(13)22-2)16(19)18-15(17(20)21)12-5-4-8-23-10-12/h6-7,9,12,15H,3-5,8,10H2,1-2H3,(H,18,19)(H,20,21). The fraction of sp³-hybridized carbons (Fsp3) is 0.529. The lowest BCUT2D eigenvalue weighted by atomic mass is 9.93. The predicted molar refractivity (Wildman–Crippen MR) is 86.6 cm³/mol. The van der Waals surface area contributed by atoms with E-state index >= 15 is 0 Å². The first kappa shape index (κ1) is 18.1. The molecule has 2 rings (SSSR count). The van der Waals surface area contributed by atoms with Gasteiger partial charge in [0.1, 0.15) is 6.04 Å². The maximum absolute atomic E-state index is 12.4. The number of hydrogen-bond donors (Lipinski definition) is 2. The maximum atomic E-state index is 12.4. The van der Waals surface area contributed by atoms with Gasteiger partial charge in [-0.1, -0.05) is 0 Å². The summed E-state index contributed by atoms with van der Waals surface area (Å²) in [6.07, 6.45) is 1.50. The number of nitrogens with one attached hydrogen (secondary N) is 1. The number of amides is 1. The highest BCUT2D eigenvalue weighted by Gasteiger charge is 2.31. The van der Waals surface area contributed by atoms with Gasteiger partial charge in [0.15, 0.2) is 11.5 Å². The lowest BCUT2D eigenvalue weighted by Crippen LogP contribution is -2.48. The molecule has 0 bridgehead atoms. The van der Waals surface area contributed by atoms with Crippen molar-refractivity contribution < 1.29 is 28.9 Å². The first-order chi connectivity index (χ1) is 11.6. The minimum Gasteiger partial charge on any atom is -0.493 e. The molecule has 7 nitrogen and oxygen atoms in total. The summed E-state index contributed by atoms with van der Waals surface area (Å²) in [7, 11) is 1.49. The van der Waals surface area contributed by atoms with Crippen molar-refractivity contribution in [2.24, 2.45) is 5.92 Å². The Bertz CT molecular complexity index is 582. The van der Waals surface area contributed by atoms with E-state index in [2.05, 4.69) is 5.32 Å². The van der Waals surface area contributed by atoms with E-state index in [-0.39, 0.29) is 5.92 Å². The Kier molecular flexibility index (Phi) is 6.43. The molecule has 0 radical (unpaired) electrons. The summed E-state index contributed by atoms with van der Waals surface area (Å²) in [5.41, 5.74) is 0.318. The highest BCUT2D eigenvalue weighted by Crippen LogP contribution is 2.28. The van der Waals surface area contributed by atoms with Crippen molar-refractivity contribution in [3.63, 3.8) is 0 Å². The van der Waals surface area contributed by atoms with Crippen LogP contribution in [-0.2, 0) is 9.53 Å². The fourth-order valence-corrected chi connectivity index (χ4v) is 2.72. The average Bonchev–Trinajstić information content (AvgIpc) is 2.60. The zero-order chi connectivity index (χ0) is 17.5. The van der Waals surface area contributed by atoms with Gasteiger partial charge < -0.3 is 24.6 Å². The van der Waals surface area contributed by atoms with Crippen molar-refractivity contribution >= 4 is 11.9 Å². The lowest BCUT2D eigenvalue weighted by Gasteiger charge is -2.28. The van der Waals surface area contributed by atoms with E-state index in [4.69, 9.17) is 14.2 Å². The van der Waals surface area contributed by atoms with Crippen LogP contribution >= 0.6 is 0 Å². The molecule has 1 aliphatic heterocycles. The molecule has 1 aromatic carbocycles.